The van der Waals surface area contributed by atoms with Crippen molar-refractivity contribution in [1.82, 2.24) is 4.90 Å². The van der Waals surface area contributed by atoms with Crippen molar-refractivity contribution in [2.75, 3.05) is 13.1 Å². The van der Waals surface area contributed by atoms with E-state index in [-0.39, 0.29) is 0 Å². The minimum atomic E-state index is -1.62. The first kappa shape index (κ1) is 25.9. The van der Waals surface area contributed by atoms with Gasteiger partial charge in [0.15, 0.2) is 0 Å². The first-order valence-corrected chi connectivity index (χ1v) is 12.9. The highest BCUT2D eigenvalue weighted by Crippen LogP contribution is 2.36. The molecule has 3 aromatic carbocycles. The SMILES string of the molecule is CCCC(O)(OC(=O)C(C)(C)c1ccccc1)N1CCC(=C(c2ccccc2)c2ccccc2)CC1. The zero-order chi connectivity index (χ0) is 25.6. The quantitative estimate of drug-likeness (QED) is 0.291. The largest absolute Gasteiger partial charge is 0.418 e. The van der Waals surface area contributed by atoms with Crippen LogP contribution in [0.15, 0.2) is 96.6 Å². The number of hydrogen-bond acceptors (Lipinski definition) is 4. The van der Waals surface area contributed by atoms with Gasteiger partial charge in [-0.2, -0.15) is 0 Å². The average molecular weight is 484 g/mol. The molecule has 1 fully saturated rings. The van der Waals surface area contributed by atoms with Crippen LogP contribution in [-0.4, -0.2) is 35.0 Å². The summed E-state index contributed by atoms with van der Waals surface area (Å²) >= 11 is 0. The van der Waals surface area contributed by atoms with E-state index in [1.165, 1.54) is 22.3 Å². The first-order chi connectivity index (χ1) is 17.3. The van der Waals surface area contributed by atoms with Crippen LogP contribution in [0, 0.1) is 0 Å². The van der Waals surface area contributed by atoms with E-state index in [2.05, 4.69) is 48.5 Å². The summed E-state index contributed by atoms with van der Waals surface area (Å²) in [5.74, 6) is -2.04. The number of ether oxygens (including phenoxy) is 1. The summed E-state index contributed by atoms with van der Waals surface area (Å²) < 4.78 is 5.93. The van der Waals surface area contributed by atoms with Crippen molar-refractivity contribution in [1.29, 1.82) is 0 Å². The Balaban J connectivity index is 1.57. The predicted molar refractivity (Wildman–Crippen MR) is 145 cm³/mol. The molecule has 1 aliphatic heterocycles. The molecule has 36 heavy (non-hydrogen) atoms. The molecule has 4 nitrogen and oxygen atoms in total. The van der Waals surface area contributed by atoms with Crippen LogP contribution in [0.4, 0.5) is 0 Å². The maximum Gasteiger partial charge on any atom is 0.319 e. The van der Waals surface area contributed by atoms with E-state index >= 15 is 0 Å². The summed E-state index contributed by atoms with van der Waals surface area (Å²) in [7, 11) is 0. The second-order valence-corrected chi connectivity index (χ2v) is 10.1. The third-order valence-electron chi connectivity index (χ3n) is 7.18. The number of likely N-dealkylation sites (tertiary alicyclic amines) is 1. The minimum Gasteiger partial charge on any atom is -0.418 e. The molecule has 0 bridgehead atoms. The fourth-order valence-electron chi connectivity index (χ4n) is 5.01. The number of piperidine rings is 1. The highest BCUT2D eigenvalue weighted by atomic mass is 16.7. The number of carbonyl (C=O) groups is 1. The fraction of sp³-hybridized carbons (Fsp3) is 0.344. The standard InChI is InChI=1S/C32H37NO3/c1-4-22-32(35,36-30(34)31(2,3)28-18-12-7-13-19-28)33-23-20-27(21-24-33)29(25-14-8-5-9-15-25)26-16-10-6-11-17-26/h5-19,35H,4,20-24H2,1-3H3. The molecule has 4 heteroatoms. The van der Waals surface area contributed by atoms with Gasteiger partial charge >= 0.3 is 5.97 Å². The zero-order valence-corrected chi connectivity index (χ0v) is 21.6. The Labute approximate surface area is 215 Å². The Kier molecular flexibility index (Phi) is 8.07. The Bertz CT molecular complexity index is 1120. The molecule has 188 valence electrons. The third kappa shape index (κ3) is 5.61. The lowest BCUT2D eigenvalue weighted by Crippen LogP contribution is -2.55. The molecule has 1 atom stereocenters. The van der Waals surface area contributed by atoms with E-state index < -0.39 is 17.3 Å². The molecule has 4 rings (SSSR count). The lowest BCUT2D eigenvalue weighted by atomic mass is 9.85. The Morgan fingerprint density at radius 1 is 0.833 bits per heavy atom. The molecule has 1 N–H and O–H groups in total. The maximum absolute atomic E-state index is 13.3. The van der Waals surface area contributed by atoms with Crippen molar-refractivity contribution in [3.63, 3.8) is 0 Å². The molecule has 1 saturated heterocycles. The zero-order valence-electron chi connectivity index (χ0n) is 21.6. The molecule has 0 aromatic heterocycles. The van der Waals surface area contributed by atoms with Crippen LogP contribution in [0.25, 0.3) is 5.57 Å². The molecule has 0 saturated carbocycles. The number of carbonyl (C=O) groups excluding carboxylic acids is 1. The summed E-state index contributed by atoms with van der Waals surface area (Å²) in [6.45, 7) is 6.93. The van der Waals surface area contributed by atoms with Gasteiger partial charge in [-0.3, -0.25) is 4.79 Å². The van der Waals surface area contributed by atoms with E-state index in [0.29, 0.717) is 25.9 Å². The van der Waals surface area contributed by atoms with Gasteiger partial charge in [0.25, 0.3) is 5.91 Å². The number of esters is 1. The average Bonchev–Trinajstić information content (AvgIpc) is 2.91. The molecule has 1 aliphatic rings. The van der Waals surface area contributed by atoms with Gasteiger partial charge in [-0.15, -0.1) is 0 Å². The van der Waals surface area contributed by atoms with Crippen LogP contribution in [-0.2, 0) is 14.9 Å². The summed E-state index contributed by atoms with van der Waals surface area (Å²) in [6.07, 6.45) is 2.66. The van der Waals surface area contributed by atoms with Crippen molar-refractivity contribution < 1.29 is 14.6 Å². The van der Waals surface area contributed by atoms with Crippen LogP contribution in [0.5, 0.6) is 0 Å². The molecule has 1 heterocycles. The minimum absolute atomic E-state index is 0.368. The fourth-order valence-corrected chi connectivity index (χ4v) is 5.01. The molecule has 1 unspecified atom stereocenters. The number of rotatable bonds is 8. The van der Waals surface area contributed by atoms with Gasteiger partial charge in [-0.05, 0) is 55.4 Å². The molecular weight excluding hydrogens is 446 g/mol. The normalized spacial score (nSPS) is 16.3. The van der Waals surface area contributed by atoms with Crippen molar-refractivity contribution >= 4 is 11.5 Å². The number of aliphatic hydroxyl groups is 1. The smallest absolute Gasteiger partial charge is 0.319 e. The van der Waals surface area contributed by atoms with Gasteiger partial charge in [0, 0.05) is 19.5 Å². The van der Waals surface area contributed by atoms with Crippen molar-refractivity contribution in [3.05, 3.63) is 113 Å². The molecule has 0 amide bonds. The molecule has 0 aliphatic carbocycles. The van der Waals surface area contributed by atoms with Crippen molar-refractivity contribution in [3.8, 4) is 0 Å². The molecule has 3 aromatic rings. The second kappa shape index (κ2) is 11.2. The van der Waals surface area contributed by atoms with E-state index in [4.69, 9.17) is 4.74 Å². The Morgan fingerprint density at radius 3 is 1.78 bits per heavy atom. The highest BCUT2D eigenvalue weighted by Gasteiger charge is 2.43. The van der Waals surface area contributed by atoms with Gasteiger partial charge in [0.2, 0.25) is 0 Å². The van der Waals surface area contributed by atoms with Gasteiger partial charge in [-0.1, -0.05) is 103 Å². The van der Waals surface area contributed by atoms with E-state index in [1.807, 2.05) is 68.1 Å². The lowest BCUT2D eigenvalue weighted by Gasteiger charge is -2.42. The van der Waals surface area contributed by atoms with E-state index in [0.717, 1.165) is 18.4 Å². The number of hydrogen-bond donors (Lipinski definition) is 1. The van der Waals surface area contributed by atoms with Crippen LogP contribution in [0.1, 0.15) is 63.1 Å². The number of benzene rings is 3. The Morgan fingerprint density at radius 2 is 1.31 bits per heavy atom. The monoisotopic (exact) mass is 483 g/mol. The summed E-state index contributed by atoms with van der Waals surface area (Å²) in [4.78, 5) is 15.3. The topological polar surface area (TPSA) is 49.8 Å². The lowest BCUT2D eigenvalue weighted by molar-refractivity contribution is -0.286. The van der Waals surface area contributed by atoms with Crippen molar-refractivity contribution in [2.24, 2.45) is 0 Å². The maximum atomic E-state index is 13.3. The predicted octanol–water partition coefficient (Wildman–Crippen LogP) is 6.55. The van der Waals surface area contributed by atoms with Crippen molar-refractivity contribution in [2.45, 2.75) is 57.8 Å². The summed E-state index contributed by atoms with van der Waals surface area (Å²) in [5.41, 5.74) is 5.03. The van der Waals surface area contributed by atoms with Crippen LogP contribution in [0.3, 0.4) is 0 Å². The van der Waals surface area contributed by atoms with Gasteiger partial charge in [-0.25, -0.2) is 4.90 Å². The van der Waals surface area contributed by atoms with Gasteiger partial charge in [0.05, 0.1) is 5.41 Å². The van der Waals surface area contributed by atoms with Crippen LogP contribution < -0.4 is 0 Å². The summed E-state index contributed by atoms with van der Waals surface area (Å²) in [5, 5.41) is 11.6. The third-order valence-corrected chi connectivity index (χ3v) is 7.18. The van der Waals surface area contributed by atoms with Crippen LogP contribution in [0.2, 0.25) is 0 Å². The van der Waals surface area contributed by atoms with E-state index in [9.17, 15) is 9.90 Å². The summed E-state index contributed by atoms with van der Waals surface area (Å²) in [6, 6.07) is 30.6. The first-order valence-electron chi connectivity index (χ1n) is 12.9. The van der Waals surface area contributed by atoms with Gasteiger partial charge in [0.1, 0.15) is 0 Å². The molecule has 0 spiro atoms. The molecular formula is C32H37NO3. The number of nitrogens with zero attached hydrogens (tertiary/aromatic N) is 1. The van der Waals surface area contributed by atoms with Crippen LogP contribution >= 0.6 is 0 Å². The van der Waals surface area contributed by atoms with E-state index in [1.54, 1.807) is 0 Å². The van der Waals surface area contributed by atoms with Gasteiger partial charge < -0.3 is 9.84 Å². The molecule has 0 radical (unpaired) electrons. The Hall–Kier alpha value is -3.21. The highest BCUT2D eigenvalue weighted by molar-refractivity contribution is 5.83. The second-order valence-electron chi connectivity index (χ2n) is 10.1.